The van der Waals surface area contributed by atoms with Crippen molar-refractivity contribution < 1.29 is 0 Å². The molecular weight excluding hydrogens is 627 g/mol. The monoisotopic (exact) mass is 673 g/mol. The van der Waals surface area contributed by atoms with Crippen LogP contribution in [0.2, 0.25) is 0 Å². The predicted octanol–water partition coefficient (Wildman–Crippen LogP) is 12.8. The summed E-state index contributed by atoms with van der Waals surface area (Å²) in [5, 5.41) is 0. The molecule has 52 heavy (non-hydrogen) atoms. The number of para-hydroxylation sites is 2. The largest absolute Gasteiger partial charge is 0.311 e. The van der Waals surface area contributed by atoms with Crippen molar-refractivity contribution in [3.63, 3.8) is 0 Å². The first-order valence-electron chi connectivity index (χ1n) is 19.0. The molecular formula is C51H47N. The zero-order valence-electron chi connectivity index (χ0n) is 30.8. The summed E-state index contributed by atoms with van der Waals surface area (Å²) in [5.41, 5.74) is 16.5. The van der Waals surface area contributed by atoms with Crippen molar-refractivity contribution in [2.24, 2.45) is 5.92 Å². The molecule has 0 radical (unpaired) electrons. The number of anilines is 2. The van der Waals surface area contributed by atoms with Crippen molar-refractivity contribution in [3.8, 4) is 11.1 Å². The van der Waals surface area contributed by atoms with Crippen LogP contribution < -0.4 is 4.90 Å². The molecule has 6 aromatic carbocycles. The minimum atomic E-state index is -0.0730. The Hall–Kier alpha value is -5.40. The molecule has 0 aliphatic heterocycles. The van der Waals surface area contributed by atoms with Crippen molar-refractivity contribution in [2.75, 3.05) is 4.90 Å². The first kappa shape index (κ1) is 32.5. The summed E-state index contributed by atoms with van der Waals surface area (Å²) < 4.78 is 0. The fraction of sp³-hybridized carbons (Fsp3) is 0.216. The maximum Gasteiger partial charge on any atom is 0.0461 e. The number of hydrogen-bond acceptors (Lipinski definition) is 1. The minimum Gasteiger partial charge on any atom is -0.311 e. The van der Waals surface area contributed by atoms with E-state index in [0.717, 1.165) is 12.8 Å². The first-order chi connectivity index (χ1) is 25.3. The highest BCUT2D eigenvalue weighted by Gasteiger charge is 2.48. The smallest absolute Gasteiger partial charge is 0.0461 e. The Labute approximate surface area is 310 Å². The van der Waals surface area contributed by atoms with Gasteiger partial charge in [0.2, 0.25) is 0 Å². The molecule has 1 heteroatoms. The Morgan fingerprint density at radius 2 is 1.13 bits per heavy atom. The normalized spacial score (nSPS) is 19.2. The Morgan fingerprint density at radius 1 is 0.558 bits per heavy atom. The van der Waals surface area contributed by atoms with E-state index < -0.39 is 0 Å². The molecule has 6 aromatic rings. The topological polar surface area (TPSA) is 3.24 Å². The lowest BCUT2D eigenvalue weighted by atomic mass is 9.74. The van der Waals surface area contributed by atoms with Gasteiger partial charge in [-0.05, 0) is 117 Å². The van der Waals surface area contributed by atoms with Gasteiger partial charge in [-0.25, -0.2) is 0 Å². The molecule has 0 saturated heterocycles. The van der Waals surface area contributed by atoms with Crippen molar-refractivity contribution in [2.45, 2.75) is 63.2 Å². The van der Waals surface area contributed by atoms with Gasteiger partial charge < -0.3 is 4.90 Å². The molecule has 3 aliphatic rings. The average molecular weight is 674 g/mol. The van der Waals surface area contributed by atoms with E-state index in [9.17, 15) is 0 Å². The van der Waals surface area contributed by atoms with Gasteiger partial charge in [0.1, 0.15) is 0 Å². The van der Waals surface area contributed by atoms with Gasteiger partial charge >= 0.3 is 0 Å². The number of benzene rings is 6. The van der Waals surface area contributed by atoms with Gasteiger partial charge in [-0.3, -0.25) is 0 Å². The van der Waals surface area contributed by atoms with E-state index in [1.165, 1.54) is 67.1 Å². The van der Waals surface area contributed by atoms with Gasteiger partial charge in [-0.1, -0.05) is 161 Å². The van der Waals surface area contributed by atoms with Crippen molar-refractivity contribution in [1.82, 2.24) is 0 Å². The van der Waals surface area contributed by atoms with Crippen molar-refractivity contribution in [1.29, 1.82) is 0 Å². The summed E-state index contributed by atoms with van der Waals surface area (Å²) in [6.07, 6.45) is 9.47. The summed E-state index contributed by atoms with van der Waals surface area (Å²) in [7, 11) is 0. The highest BCUT2D eigenvalue weighted by Crippen LogP contribution is 2.58. The molecule has 0 aromatic heterocycles. The molecule has 0 N–H and O–H groups in total. The van der Waals surface area contributed by atoms with Crippen LogP contribution in [-0.2, 0) is 23.7 Å². The zero-order chi connectivity index (χ0) is 35.5. The Morgan fingerprint density at radius 3 is 1.79 bits per heavy atom. The molecule has 0 spiro atoms. The van der Waals surface area contributed by atoms with Crippen LogP contribution >= 0.6 is 0 Å². The summed E-state index contributed by atoms with van der Waals surface area (Å²) in [6, 6.07) is 56.2. The molecule has 0 saturated carbocycles. The Kier molecular flexibility index (Phi) is 7.92. The SMILES string of the molecule is CC1(C)c2cc(CC(Cc3ccccc3)c3ccccc3)ccc2-c2cc3c(cc21)C1C=CC(N(c2ccccc2)c2ccccc2)=CC1C3(C)C. The van der Waals surface area contributed by atoms with Crippen LogP contribution in [0.15, 0.2) is 176 Å². The fourth-order valence-corrected chi connectivity index (χ4v) is 9.57. The van der Waals surface area contributed by atoms with E-state index >= 15 is 0 Å². The van der Waals surface area contributed by atoms with Gasteiger partial charge in [-0.15, -0.1) is 0 Å². The number of allylic oxidation sites excluding steroid dienone is 3. The summed E-state index contributed by atoms with van der Waals surface area (Å²) in [4.78, 5) is 2.41. The third-order valence-electron chi connectivity index (χ3n) is 12.4. The van der Waals surface area contributed by atoms with Crippen LogP contribution in [0.25, 0.3) is 11.1 Å². The van der Waals surface area contributed by atoms with Crippen LogP contribution in [0.5, 0.6) is 0 Å². The summed E-state index contributed by atoms with van der Waals surface area (Å²) in [5.74, 6) is 1.14. The average Bonchev–Trinajstić information content (AvgIpc) is 3.54. The number of nitrogens with zero attached hydrogens (tertiary/aromatic N) is 1. The van der Waals surface area contributed by atoms with Gasteiger partial charge in [-0.2, -0.15) is 0 Å². The van der Waals surface area contributed by atoms with Gasteiger partial charge in [0.15, 0.2) is 0 Å². The van der Waals surface area contributed by atoms with E-state index in [0.29, 0.717) is 17.8 Å². The van der Waals surface area contributed by atoms with Crippen molar-refractivity contribution >= 4 is 11.4 Å². The van der Waals surface area contributed by atoms with Crippen LogP contribution in [0.4, 0.5) is 11.4 Å². The van der Waals surface area contributed by atoms with Crippen LogP contribution in [0.3, 0.4) is 0 Å². The van der Waals surface area contributed by atoms with Crippen LogP contribution in [0.1, 0.15) is 78.5 Å². The first-order valence-corrected chi connectivity index (χ1v) is 19.0. The predicted molar refractivity (Wildman–Crippen MR) is 219 cm³/mol. The second-order valence-electron chi connectivity index (χ2n) is 16.2. The lowest BCUT2D eigenvalue weighted by Gasteiger charge is -2.34. The fourth-order valence-electron chi connectivity index (χ4n) is 9.57. The molecule has 0 bridgehead atoms. The Balaban J connectivity index is 1.06. The third kappa shape index (κ3) is 5.46. The lowest BCUT2D eigenvalue weighted by molar-refractivity contribution is 0.392. The molecule has 0 amide bonds. The second kappa shape index (κ2) is 12.7. The van der Waals surface area contributed by atoms with Gasteiger partial charge in [0.25, 0.3) is 0 Å². The summed E-state index contributed by atoms with van der Waals surface area (Å²) >= 11 is 0. The highest BCUT2D eigenvalue weighted by molar-refractivity contribution is 5.83. The third-order valence-corrected chi connectivity index (χ3v) is 12.4. The molecule has 256 valence electrons. The summed E-state index contributed by atoms with van der Waals surface area (Å²) in [6.45, 7) is 9.81. The van der Waals surface area contributed by atoms with E-state index in [-0.39, 0.29) is 10.8 Å². The quantitative estimate of drug-likeness (QED) is 0.155. The molecule has 3 unspecified atom stereocenters. The van der Waals surface area contributed by atoms with E-state index in [4.69, 9.17) is 0 Å². The van der Waals surface area contributed by atoms with Gasteiger partial charge in [0, 0.05) is 28.4 Å². The van der Waals surface area contributed by atoms with Crippen molar-refractivity contribution in [3.05, 3.63) is 215 Å². The van der Waals surface area contributed by atoms with E-state index in [2.05, 4.69) is 202 Å². The van der Waals surface area contributed by atoms with Crippen LogP contribution in [0, 0.1) is 5.92 Å². The maximum absolute atomic E-state index is 2.59. The zero-order valence-corrected chi connectivity index (χ0v) is 30.8. The molecule has 0 fully saturated rings. The van der Waals surface area contributed by atoms with E-state index in [1.54, 1.807) is 0 Å². The number of rotatable bonds is 8. The highest BCUT2D eigenvalue weighted by atomic mass is 15.1. The van der Waals surface area contributed by atoms with Crippen LogP contribution in [-0.4, -0.2) is 0 Å². The second-order valence-corrected chi connectivity index (χ2v) is 16.2. The molecule has 3 atom stereocenters. The molecule has 9 rings (SSSR count). The Bertz CT molecular complexity index is 2250. The number of hydrogen-bond donors (Lipinski definition) is 0. The number of fused-ring (bicyclic) bond motifs is 6. The molecule has 3 aliphatic carbocycles. The maximum atomic E-state index is 2.59. The van der Waals surface area contributed by atoms with Gasteiger partial charge in [0.05, 0.1) is 0 Å². The minimum absolute atomic E-state index is 0.0166. The molecule has 1 nitrogen and oxygen atoms in total. The van der Waals surface area contributed by atoms with E-state index in [1.807, 2.05) is 0 Å². The molecule has 0 heterocycles. The standard InChI is InChI=1S/C51H47N/c1-50(2)46-31-36(30-38(37-19-11-6-12-20-37)29-35-17-9-5-10-18-35)25-27-42(46)44-33-49-45(34-48(44)50)43-28-26-41(32-47(43)51(49,3)4)52(39-21-13-7-14-22-39)40-23-15-8-16-24-40/h5-28,31-34,38,43,47H,29-30H2,1-4H3. The lowest BCUT2D eigenvalue weighted by Crippen LogP contribution is -2.28.